The minimum Gasteiger partial charge on any atom is -0.336 e. The SMILES string of the molecule is C=C/C=C\Cn1c2ccccc2c2cc(Br)c3ccccc3c21. The molecule has 0 aliphatic rings. The van der Waals surface area contributed by atoms with E-state index in [2.05, 4.69) is 87.7 Å². The number of para-hydroxylation sites is 1. The van der Waals surface area contributed by atoms with Gasteiger partial charge in [-0.2, -0.15) is 0 Å². The predicted molar refractivity (Wildman–Crippen MR) is 104 cm³/mol. The van der Waals surface area contributed by atoms with Crippen LogP contribution in [0.25, 0.3) is 32.6 Å². The van der Waals surface area contributed by atoms with E-state index in [9.17, 15) is 0 Å². The summed E-state index contributed by atoms with van der Waals surface area (Å²) in [5.74, 6) is 0. The molecule has 0 saturated heterocycles. The van der Waals surface area contributed by atoms with Crippen LogP contribution in [0.5, 0.6) is 0 Å². The first-order chi connectivity index (χ1) is 11.3. The van der Waals surface area contributed by atoms with Crippen molar-refractivity contribution in [2.45, 2.75) is 6.54 Å². The van der Waals surface area contributed by atoms with Crippen molar-refractivity contribution in [3.05, 3.63) is 83.9 Å². The Bertz CT molecular complexity index is 1070. The first-order valence-electron chi connectivity index (χ1n) is 7.67. The molecule has 0 unspecified atom stereocenters. The summed E-state index contributed by atoms with van der Waals surface area (Å²) in [6.45, 7) is 4.60. The highest BCUT2D eigenvalue weighted by Gasteiger charge is 2.14. The number of fused-ring (bicyclic) bond motifs is 5. The number of aromatic nitrogens is 1. The van der Waals surface area contributed by atoms with Crippen molar-refractivity contribution in [3.8, 4) is 0 Å². The van der Waals surface area contributed by atoms with Crippen molar-refractivity contribution in [2.75, 3.05) is 0 Å². The van der Waals surface area contributed by atoms with E-state index < -0.39 is 0 Å². The molecule has 0 saturated carbocycles. The Morgan fingerprint density at radius 3 is 2.39 bits per heavy atom. The lowest BCUT2D eigenvalue weighted by Crippen LogP contribution is -1.95. The monoisotopic (exact) mass is 361 g/mol. The minimum atomic E-state index is 0.835. The molecule has 2 heteroatoms. The van der Waals surface area contributed by atoms with Gasteiger partial charge in [0.1, 0.15) is 0 Å². The van der Waals surface area contributed by atoms with Gasteiger partial charge in [0.05, 0.1) is 5.52 Å². The molecule has 0 amide bonds. The van der Waals surface area contributed by atoms with Gasteiger partial charge < -0.3 is 4.57 Å². The maximum Gasteiger partial charge on any atom is 0.0574 e. The summed E-state index contributed by atoms with van der Waals surface area (Å²) >= 11 is 3.74. The molecule has 4 rings (SSSR count). The van der Waals surface area contributed by atoms with E-state index in [0.29, 0.717) is 0 Å². The van der Waals surface area contributed by atoms with Gasteiger partial charge in [-0.1, -0.05) is 83.2 Å². The summed E-state index contributed by atoms with van der Waals surface area (Å²) in [4.78, 5) is 0. The molecule has 0 N–H and O–H groups in total. The quantitative estimate of drug-likeness (QED) is 0.369. The number of allylic oxidation sites excluding steroid dienone is 3. The molecule has 4 aromatic rings. The first-order valence-corrected chi connectivity index (χ1v) is 8.46. The Hall–Kier alpha value is -2.32. The Morgan fingerprint density at radius 1 is 0.913 bits per heavy atom. The molecule has 0 spiro atoms. The highest BCUT2D eigenvalue weighted by atomic mass is 79.9. The van der Waals surface area contributed by atoms with Crippen LogP contribution in [-0.4, -0.2) is 4.57 Å². The molecule has 112 valence electrons. The third-order valence-electron chi connectivity index (χ3n) is 4.28. The number of halogens is 1. The molecule has 23 heavy (non-hydrogen) atoms. The van der Waals surface area contributed by atoms with Crippen molar-refractivity contribution in [1.29, 1.82) is 0 Å². The summed E-state index contributed by atoms with van der Waals surface area (Å²) in [6, 6.07) is 19.4. The summed E-state index contributed by atoms with van der Waals surface area (Å²) in [6.07, 6.45) is 5.97. The number of nitrogens with zero attached hydrogens (tertiary/aromatic N) is 1. The Labute approximate surface area is 143 Å². The van der Waals surface area contributed by atoms with E-state index >= 15 is 0 Å². The third kappa shape index (κ3) is 2.22. The highest BCUT2D eigenvalue weighted by Crippen LogP contribution is 2.37. The van der Waals surface area contributed by atoms with E-state index in [1.54, 1.807) is 0 Å². The van der Waals surface area contributed by atoms with Crippen LogP contribution in [-0.2, 0) is 6.54 Å². The van der Waals surface area contributed by atoms with Gasteiger partial charge in [0.25, 0.3) is 0 Å². The van der Waals surface area contributed by atoms with Crippen molar-refractivity contribution in [1.82, 2.24) is 4.57 Å². The lowest BCUT2D eigenvalue weighted by atomic mass is 10.1. The summed E-state index contributed by atoms with van der Waals surface area (Å²) in [5.41, 5.74) is 2.55. The van der Waals surface area contributed by atoms with Crippen LogP contribution in [0.15, 0.2) is 83.9 Å². The van der Waals surface area contributed by atoms with Gasteiger partial charge in [-0.3, -0.25) is 0 Å². The molecule has 1 heterocycles. The fourth-order valence-electron chi connectivity index (χ4n) is 3.32. The molecule has 0 aliphatic carbocycles. The zero-order valence-electron chi connectivity index (χ0n) is 12.7. The molecule has 0 aliphatic heterocycles. The van der Waals surface area contributed by atoms with Crippen LogP contribution in [0.3, 0.4) is 0 Å². The smallest absolute Gasteiger partial charge is 0.0574 e. The van der Waals surface area contributed by atoms with E-state index in [1.807, 2.05) is 12.2 Å². The van der Waals surface area contributed by atoms with Gasteiger partial charge >= 0.3 is 0 Å². The molecule has 0 atom stereocenters. The van der Waals surface area contributed by atoms with Crippen LogP contribution >= 0.6 is 15.9 Å². The molecule has 0 bridgehead atoms. The van der Waals surface area contributed by atoms with E-state index in [-0.39, 0.29) is 0 Å². The lowest BCUT2D eigenvalue weighted by molar-refractivity contribution is 0.902. The molecule has 3 aromatic carbocycles. The van der Waals surface area contributed by atoms with Gasteiger partial charge in [-0.05, 0) is 17.5 Å². The van der Waals surface area contributed by atoms with Crippen molar-refractivity contribution >= 4 is 48.5 Å². The summed E-state index contributed by atoms with van der Waals surface area (Å²) < 4.78 is 3.53. The van der Waals surface area contributed by atoms with Gasteiger partial charge in [-0.25, -0.2) is 0 Å². The second-order valence-corrected chi connectivity index (χ2v) is 6.45. The number of hydrogen-bond donors (Lipinski definition) is 0. The van der Waals surface area contributed by atoms with E-state index in [4.69, 9.17) is 0 Å². The topological polar surface area (TPSA) is 4.93 Å². The Kier molecular flexibility index (Phi) is 3.55. The summed E-state index contributed by atoms with van der Waals surface area (Å²) in [7, 11) is 0. The second-order valence-electron chi connectivity index (χ2n) is 5.59. The Morgan fingerprint density at radius 2 is 1.61 bits per heavy atom. The molecule has 0 radical (unpaired) electrons. The average molecular weight is 362 g/mol. The van der Waals surface area contributed by atoms with Crippen LogP contribution in [0.2, 0.25) is 0 Å². The van der Waals surface area contributed by atoms with Crippen molar-refractivity contribution in [3.63, 3.8) is 0 Å². The lowest BCUT2D eigenvalue weighted by Gasteiger charge is -2.08. The van der Waals surface area contributed by atoms with Crippen molar-refractivity contribution in [2.24, 2.45) is 0 Å². The molecular formula is C21H16BrN. The standard InChI is InChI=1S/C21H16BrN/c1-2-3-8-13-23-20-12-7-6-10-16(20)18-14-19(22)15-9-4-5-11-17(15)21(18)23/h2-12,14H,1,13H2/b8-3-. The van der Waals surface area contributed by atoms with Gasteiger partial charge in [0.2, 0.25) is 0 Å². The van der Waals surface area contributed by atoms with Gasteiger partial charge in [0, 0.05) is 32.7 Å². The zero-order chi connectivity index (χ0) is 15.8. The van der Waals surface area contributed by atoms with Crippen molar-refractivity contribution < 1.29 is 0 Å². The van der Waals surface area contributed by atoms with Crippen LogP contribution in [0.4, 0.5) is 0 Å². The predicted octanol–water partition coefficient (Wildman–Crippen LogP) is 6.45. The average Bonchev–Trinajstić information content (AvgIpc) is 2.90. The molecule has 1 aromatic heterocycles. The van der Waals surface area contributed by atoms with E-state index in [0.717, 1.165) is 11.0 Å². The molecule has 1 nitrogen and oxygen atoms in total. The molecule has 0 fully saturated rings. The van der Waals surface area contributed by atoms with Crippen LogP contribution < -0.4 is 0 Å². The fourth-order valence-corrected chi connectivity index (χ4v) is 3.90. The zero-order valence-corrected chi connectivity index (χ0v) is 14.3. The third-order valence-corrected chi connectivity index (χ3v) is 4.94. The van der Waals surface area contributed by atoms with Gasteiger partial charge in [-0.15, -0.1) is 0 Å². The Balaban J connectivity index is 2.20. The first kappa shape index (κ1) is 14.3. The largest absolute Gasteiger partial charge is 0.336 e. The van der Waals surface area contributed by atoms with Gasteiger partial charge in [0.15, 0.2) is 0 Å². The minimum absolute atomic E-state index is 0.835. The number of hydrogen-bond acceptors (Lipinski definition) is 0. The van der Waals surface area contributed by atoms with Crippen LogP contribution in [0, 0.1) is 0 Å². The summed E-state index contributed by atoms with van der Waals surface area (Å²) in [5, 5.41) is 5.11. The molecular weight excluding hydrogens is 346 g/mol. The van der Waals surface area contributed by atoms with Crippen LogP contribution in [0.1, 0.15) is 0 Å². The maximum absolute atomic E-state index is 3.76. The fraction of sp³-hybridized carbons (Fsp3) is 0.0476. The highest BCUT2D eigenvalue weighted by molar-refractivity contribution is 9.10. The van der Waals surface area contributed by atoms with E-state index in [1.165, 1.54) is 32.6 Å². The normalized spacial score (nSPS) is 11.9. The maximum atomic E-state index is 3.76. The number of rotatable bonds is 3. The second kappa shape index (κ2) is 5.71. The number of benzene rings is 3.